The third kappa shape index (κ3) is 4.49. The molecule has 2 amide bonds. The zero-order chi connectivity index (χ0) is 13.7. The number of nitrogens with one attached hydrogen (secondary N) is 1. The number of carbonyl (C=O) groups excluding carboxylic acids is 2. The number of imide groups is 1. The largest absolute Gasteiger partial charge is 0.291 e. The standard InChI is InChI=1S/C13H10BrNO2S2/c14-9-3-5-10(6-4-9)19-8-12(16)15-13(17)11-2-1-7-18-11/h1-7H,8H2,(H,15,16,17). The van der Waals surface area contributed by atoms with Crippen LogP contribution in [0.15, 0.2) is 51.1 Å². The van der Waals surface area contributed by atoms with Crippen molar-refractivity contribution in [2.75, 3.05) is 5.75 Å². The summed E-state index contributed by atoms with van der Waals surface area (Å²) in [4.78, 5) is 24.8. The van der Waals surface area contributed by atoms with Gasteiger partial charge in [-0.3, -0.25) is 14.9 Å². The molecule has 0 aliphatic rings. The molecule has 98 valence electrons. The van der Waals surface area contributed by atoms with E-state index in [0.717, 1.165) is 9.37 Å². The molecule has 6 heteroatoms. The van der Waals surface area contributed by atoms with Gasteiger partial charge in [0.2, 0.25) is 5.91 Å². The maximum Gasteiger partial charge on any atom is 0.267 e. The Labute approximate surface area is 127 Å². The number of halogens is 1. The Morgan fingerprint density at radius 3 is 2.58 bits per heavy atom. The Morgan fingerprint density at radius 2 is 1.95 bits per heavy atom. The third-order valence-electron chi connectivity index (χ3n) is 2.18. The van der Waals surface area contributed by atoms with E-state index in [4.69, 9.17) is 0 Å². The molecule has 2 aromatic rings. The second-order valence-corrected chi connectivity index (χ2v) is 6.51. The van der Waals surface area contributed by atoms with Gasteiger partial charge in [0.25, 0.3) is 5.91 Å². The van der Waals surface area contributed by atoms with E-state index < -0.39 is 0 Å². The van der Waals surface area contributed by atoms with Crippen molar-refractivity contribution in [3.63, 3.8) is 0 Å². The van der Waals surface area contributed by atoms with Crippen molar-refractivity contribution in [1.82, 2.24) is 5.32 Å². The molecule has 0 aliphatic heterocycles. The molecule has 3 nitrogen and oxygen atoms in total. The van der Waals surface area contributed by atoms with Crippen LogP contribution in [-0.2, 0) is 4.79 Å². The van der Waals surface area contributed by atoms with E-state index in [-0.39, 0.29) is 17.6 Å². The zero-order valence-electron chi connectivity index (χ0n) is 9.76. The summed E-state index contributed by atoms with van der Waals surface area (Å²) in [6, 6.07) is 11.1. The molecule has 0 saturated heterocycles. The molecule has 0 radical (unpaired) electrons. The average Bonchev–Trinajstić information content (AvgIpc) is 2.92. The van der Waals surface area contributed by atoms with Gasteiger partial charge in [-0.2, -0.15) is 0 Å². The highest BCUT2D eigenvalue weighted by molar-refractivity contribution is 9.10. The molecule has 1 N–H and O–H groups in total. The zero-order valence-corrected chi connectivity index (χ0v) is 13.0. The fraction of sp³-hybridized carbons (Fsp3) is 0.0769. The van der Waals surface area contributed by atoms with Gasteiger partial charge in [-0.25, -0.2) is 0 Å². The average molecular weight is 356 g/mol. The van der Waals surface area contributed by atoms with Gasteiger partial charge in [-0.15, -0.1) is 23.1 Å². The summed E-state index contributed by atoms with van der Waals surface area (Å²) in [6.07, 6.45) is 0. The molecule has 1 heterocycles. The molecule has 0 aliphatic carbocycles. The molecular formula is C13H10BrNO2S2. The molecule has 1 aromatic heterocycles. The Bertz CT molecular complexity index is 567. The normalized spacial score (nSPS) is 10.2. The number of carbonyl (C=O) groups is 2. The van der Waals surface area contributed by atoms with Crippen molar-refractivity contribution in [2.24, 2.45) is 0 Å². The minimum Gasteiger partial charge on any atom is -0.291 e. The number of hydrogen-bond acceptors (Lipinski definition) is 4. The number of thiophene rings is 1. The van der Waals surface area contributed by atoms with Crippen LogP contribution in [0.1, 0.15) is 9.67 Å². The first-order chi connectivity index (χ1) is 9.15. The number of rotatable bonds is 4. The van der Waals surface area contributed by atoms with Gasteiger partial charge >= 0.3 is 0 Å². The van der Waals surface area contributed by atoms with Gasteiger partial charge < -0.3 is 0 Å². The van der Waals surface area contributed by atoms with Crippen LogP contribution in [0, 0.1) is 0 Å². The van der Waals surface area contributed by atoms with E-state index in [1.54, 1.807) is 17.5 Å². The van der Waals surface area contributed by atoms with E-state index in [1.807, 2.05) is 24.3 Å². The van der Waals surface area contributed by atoms with Gasteiger partial charge in [0.05, 0.1) is 10.6 Å². The van der Waals surface area contributed by atoms with Crippen LogP contribution < -0.4 is 5.32 Å². The van der Waals surface area contributed by atoms with Gasteiger partial charge in [-0.05, 0) is 35.7 Å². The topological polar surface area (TPSA) is 46.2 Å². The van der Waals surface area contributed by atoms with Crippen molar-refractivity contribution in [1.29, 1.82) is 0 Å². The maximum absolute atomic E-state index is 11.6. The number of amides is 2. The van der Waals surface area contributed by atoms with E-state index >= 15 is 0 Å². The Kier molecular flexibility index (Phi) is 5.18. The Balaban J connectivity index is 1.82. The molecule has 2 rings (SSSR count). The van der Waals surface area contributed by atoms with Crippen molar-refractivity contribution in [3.05, 3.63) is 51.1 Å². The lowest BCUT2D eigenvalue weighted by atomic mass is 10.4. The first-order valence-electron chi connectivity index (χ1n) is 5.41. The Hall–Kier alpha value is -1.11. The summed E-state index contributed by atoms with van der Waals surface area (Å²) in [5, 5.41) is 4.17. The monoisotopic (exact) mass is 355 g/mol. The van der Waals surface area contributed by atoms with E-state index in [9.17, 15) is 9.59 Å². The summed E-state index contributed by atoms with van der Waals surface area (Å²) < 4.78 is 0.995. The van der Waals surface area contributed by atoms with E-state index in [1.165, 1.54) is 23.1 Å². The van der Waals surface area contributed by atoms with Crippen LogP contribution in [-0.4, -0.2) is 17.6 Å². The first kappa shape index (κ1) is 14.3. The fourth-order valence-electron chi connectivity index (χ4n) is 1.31. The van der Waals surface area contributed by atoms with Crippen LogP contribution in [0.5, 0.6) is 0 Å². The molecule has 1 aromatic carbocycles. The minimum atomic E-state index is -0.337. The van der Waals surface area contributed by atoms with Crippen molar-refractivity contribution >= 4 is 50.8 Å². The quantitative estimate of drug-likeness (QED) is 0.852. The summed E-state index contributed by atoms with van der Waals surface area (Å²) in [7, 11) is 0. The lowest BCUT2D eigenvalue weighted by Crippen LogP contribution is -2.31. The lowest BCUT2D eigenvalue weighted by Gasteiger charge is -2.03. The predicted molar refractivity (Wildman–Crippen MR) is 81.7 cm³/mol. The molecule has 0 unspecified atom stereocenters. The Morgan fingerprint density at radius 1 is 1.21 bits per heavy atom. The van der Waals surface area contributed by atoms with Crippen molar-refractivity contribution in [3.8, 4) is 0 Å². The highest BCUT2D eigenvalue weighted by Gasteiger charge is 2.11. The van der Waals surface area contributed by atoms with Crippen molar-refractivity contribution < 1.29 is 9.59 Å². The first-order valence-corrected chi connectivity index (χ1v) is 8.07. The van der Waals surface area contributed by atoms with Crippen LogP contribution in [0.3, 0.4) is 0 Å². The van der Waals surface area contributed by atoms with E-state index in [0.29, 0.717) is 4.88 Å². The minimum absolute atomic E-state index is 0.221. The maximum atomic E-state index is 11.6. The molecular weight excluding hydrogens is 346 g/mol. The molecule has 0 saturated carbocycles. The summed E-state index contributed by atoms with van der Waals surface area (Å²) in [6.45, 7) is 0. The SMILES string of the molecule is O=C(CSc1ccc(Br)cc1)NC(=O)c1cccs1. The van der Waals surface area contributed by atoms with Gasteiger partial charge in [-0.1, -0.05) is 22.0 Å². The van der Waals surface area contributed by atoms with Crippen LogP contribution in [0.2, 0.25) is 0 Å². The highest BCUT2D eigenvalue weighted by atomic mass is 79.9. The summed E-state index contributed by atoms with van der Waals surface area (Å²) >= 11 is 6.06. The number of benzene rings is 1. The van der Waals surface area contributed by atoms with Crippen molar-refractivity contribution in [2.45, 2.75) is 4.90 Å². The second kappa shape index (κ2) is 6.88. The third-order valence-corrected chi connectivity index (χ3v) is 4.59. The summed E-state index contributed by atoms with van der Waals surface area (Å²) in [5.74, 6) is -0.401. The van der Waals surface area contributed by atoms with Crippen LogP contribution in [0.25, 0.3) is 0 Å². The van der Waals surface area contributed by atoms with Gasteiger partial charge in [0.1, 0.15) is 0 Å². The molecule has 19 heavy (non-hydrogen) atoms. The van der Waals surface area contributed by atoms with Gasteiger partial charge in [0.15, 0.2) is 0 Å². The van der Waals surface area contributed by atoms with Crippen LogP contribution in [0.4, 0.5) is 0 Å². The molecule has 0 spiro atoms. The lowest BCUT2D eigenvalue weighted by molar-refractivity contribution is -0.117. The molecule has 0 atom stereocenters. The fourth-order valence-corrected chi connectivity index (χ4v) is 2.89. The second-order valence-electron chi connectivity index (χ2n) is 3.60. The molecule has 0 fully saturated rings. The number of thioether (sulfide) groups is 1. The number of hydrogen-bond donors (Lipinski definition) is 1. The highest BCUT2D eigenvalue weighted by Crippen LogP contribution is 2.20. The molecule has 0 bridgehead atoms. The van der Waals surface area contributed by atoms with Gasteiger partial charge in [0, 0.05) is 9.37 Å². The van der Waals surface area contributed by atoms with E-state index in [2.05, 4.69) is 21.2 Å². The smallest absolute Gasteiger partial charge is 0.267 e. The predicted octanol–water partition coefficient (Wildman–Crippen LogP) is 3.56. The summed E-state index contributed by atoms with van der Waals surface area (Å²) in [5.41, 5.74) is 0. The van der Waals surface area contributed by atoms with Crippen LogP contribution >= 0.6 is 39.0 Å².